The number of carbonyl (C=O) groups is 1. The molecule has 0 unspecified atom stereocenters. The standard InChI is InChI=1S/C24H38N4O2/c1-3-27-14-16-28(17-15-27)20-11-7-6-10-19(20)25-23(29)26-21-18-22(30-4-2)24(21)12-8-5-9-13-24/h6-7,10-11,21-22H,3-5,8-9,12-18H2,1-2H3,(H2,25,26,29)/t21-,22-/m1/s1. The molecule has 6 nitrogen and oxygen atoms in total. The minimum Gasteiger partial charge on any atom is -0.378 e. The fourth-order valence-electron chi connectivity index (χ4n) is 5.74. The average molecular weight is 415 g/mol. The van der Waals surface area contributed by atoms with E-state index in [-0.39, 0.29) is 17.5 Å². The maximum atomic E-state index is 12.9. The fourth-order valence-corrected chi connectivity index (χ4v) is 5.74. The van der Waals surface area contributed by atoms with Crippen molar-refractivity contribution in [1.82, 2.24) is 10.2 Å². The molecular weight excluding hydrogens is 376 g/mol. The van der Waals surface area contributed by atoms with Crippen LogP contribution in [0.4, 0.5) is 16.2 Å². The average Bonchev–Trinajstić information content (AvgIpc) is 2.79. The highest BCUT2D eigenvalue weighted by molar-refractivity contribution is 5.93. The predicted octanol–water partition coefficient (Wildman–Crippen LogP) is 4.08. The van der Waals surface area contributed by atoms with Gasteiger partial charge in [-0.1, -0.05) is 38.3 Å². The molecule has 166 valence electrons. The molecule has 2 aliphatic carbocycles. The number of para-hydroxylation sites is 2. The first-order valence-corrected chi connectivity index (χ1v) is 11.9. The summed E-state index contributed by atoms with van der Waals surface area (Å²) in [6, 6.07) is 8.32. The van der Waals surface area contributed by atoms with Crippen molar-refractivity contribution in [2.45, 2.75) is 64.5 Å². The van der Waals surface area contributed by atoms with Gasteiger partial charge >= 0.3 is 6.03 Å². The van der Waals surface area contributed by atoms with Crippen LogP contribution in [0.5, 0.6) is 0 Å². The molecule has 1 saturated heterocycles. The van der Waals surface area contributed by atoms with Gasteiger partial charge in [0.2, 0.25) is 0 Å². The summed E-state index contributed by atoms with van der Waals surface area (Å²) in [6.45, 7) is 10.3. The number of anilines is 2. The number of amides is 2. The van der Waals surface area contributed by atoms with Gasteiger partial charge in [0.05, 0.1) is 17.5 Å². The number of rotatable bonds is 6. The van der Waals surface area contributed by atoms with Crippen LogP contribution in [0, 0.1) is 5.41 Å². The first-order chi connectivity index (χ1) is 14.7. The van der Waals surface area contributed by atoms with Crippen LogP contribution < -0.4 is 15.5 Å². The van der Waals surface area contributed by atoms with Crippen molar-refractivity contribution in [3.05, 3.63) is 24.3 Å². The molecule has 6 heteroatoms. The van der Waals surface area contributed by atoms with Crippen LogP contribution in [-0.4, -0.2) is 62.4 Å². The summed E-state index contributed by atoms with van der Waals surface area (Å²) in [5, 5.41) is 6.46. The van der Waals surface area contributed by atoms with Crippen molar-refractivity contribution in [3.63, 3.8) is 0 Å². The first kappa shape index (κ1) is 21.4. The summed E-state index contributed by atoms with van der Waals surface area (Å²) in [5.74, 6) is 0. The van der Waals surface area contributed by atoms with Gasteiger partial charge in [-0.2, -0.15) is 0 Å². The van der Waals surface area contributed by atoms with Crippen LogP contribution in [0.3, 0.4) is 0 Å². The number of benzene rings is 1. The van der Waals surface area contributed by atoms with Gasteiger partial charge in [-0.25, -0.2) is 4.79 Å². The Morgan fingerprint density at radius 2 is 1.83 bits per heavy atom. The topological polar surface area (TPSA) is 56.8 Å². The Labute approximate surface area is 181 Å². The molecule has 1 spiro atoms. The van der Waals surface area contributed by atoms with Crippen LogP contribution in [0.2, 0.25) is 0 Å². The zero-order valence-corrected chi connectivity index (χ0v) is 18.7. The van der Waals surface area contributed by atoms with Crippen molar-refractivity contribution in [3.8, 4) is 0 Å². The van der Waals surface area contributed by atoms with Gasteiger partial charge in [-0.15, -0.1) is 0 Å². The second kappa shape index (κ2) is 9.56. The molecule has 30 heavy (non-hydrogen) atoms. The van der Waals surface area contributed by atoms with E-state index in [0.717, 1.165) is 57.1 Å². The molecule has 3 fully saturated rings. The number of piperazine rings is 1. The number of nitrogens with one attached hydrogen (secondary N) is 2. The quantitative estimate of drug-likeness (QED) is 0.737. The Kier molecular flexibility index (Phi) is 6.84. The Balaban J connectivity index is 1.39. The summed E-state index contributed by atoms with van der Waals surface area (Å²) < 4.78 is 6.04. The van der Waals surface area contributed by atoms with Crippen molar-refractivity contribution in [1.29, 1.82) is 0 Å². The van der Waals surface area contributed by atoms with E-state index < -0.39 is 0 Å². The molecule has 2 saturated carbocycles. The van der Waals surface area contributed by atoms with Crippen molar-refractivity contribution >= 4 is 17.4 Å². The number of hydrogen-bond acceptors (Lipinski definition) is 4. The number of hydrogen-bond donors (Lipinski definition) is 2. The SMILES string of the molecule is CCO[C@@H]1C[C@@H](NC(=O)Nc2ccccc2N2CCN(CC)CC2)C12CCCCC2. The summed E-state index contributed by atoms with van der Waals surface area (Å²) in [5.41, 5.74) is 2.16. The number of carbonyl (C=O) groups excluding carboxylic acids is 1. The highest BCUT2D eigenvalue weighted by Gasteiger charge is 2.56. The van der Waals surface area contributed by atoms with E-state index in [2.05, 4.69) is 46.4 Å². The van der Waals surface area contributed by atoms with Crippen LogP contribution in [0.1, 0.15) is 52.4 Å². The van der Waals surface area contributed by atoms with E-state index in [1.54, 1.807) is 0 Å². The second-order valence-corrected chi connectivity index (χ2v) is 9.06. The number of ether oxygens (including phenoxy) is 1. The third-order valence-corrected chi connectivity index (χ3v) is 7.56. The van der Waals surface area contributed by atoms with Gasteiger partial charge in [0.25, 0.3) is 0 Å². The predicted molar refractivity (Wildman–Crippen MR) is 122 cm³/mol. The summed E-state index contributed by atoms with van der Waals surface area (Å²) in [4.78, 5) is 17.8. The van der Waals surface area contributed by atoms with Crippen molar-refractivity contribution in [2.75, 3.05) is 49.5 Å². The molecule has 0 bridgehead atoms. The van der Waals surface area contributed by atoms with Gasteiger partial charge in [0.1, 0.15) is 0 Å². The summed E-state index contributed by atoms with van der Waals surface area (Å²) >= 11 is 0. The summed E-state index contributed by atoms with van der Waals surface area (Å²) in [7, 11) is 0. The van der Waals surface area contributed by atoms with E-state index in [9.17, 15) is 4.79 Å². The molecule has 1 aromatic carbocycles. The Hall–Kier alpha value is -1.79. The fraction of sp³-hybridized carbons (Fsp3) is 0.708. The molecular formula is C24H38N4O2. The minimum absolute atomic E-state index is 0.0838. The zero-order valence-electron chi connectivity index (χ0n) is 18.7. The molecule has 3 aliphatic rings. The van der Waals surface area contributed by atoms with Gasteiger partial charge in [0.15, 0.2) is 0 Å². The number of likely N-dealkylation sites (N-methyl/N-ethyl adjacent to an activating group) is 1. The van der Waals surface area contributed by atoms with Crippen LogP contribution in [0.15, 0.2) is 24.3 Å². The monoisotopic (exact) mass is 414 g/mol. The van der Waals surface area contributed by atoms with Crippen LogP contribution in [-0.2, 0) is 4.74 Å². The normalized spacial score (nSPS) is 26.3. The van der Waals surface area contributed by atoms with Crippen LogP contribution in [0.25, 0.3) is 0 Å². The molecule has 0 radical (unpaired) electrons. The van der Waals surface area contributed by atoms with E-state index in [4.69, 9.17) is 4.74 Å². The Morgan fingerprint density at radius 3 is 2.53 bits per heavy atom. The van der Waals surface area contributed by atoms with E-state index >= 15 is 0 Å². The minimum atomic E-state index is -0.0838. The molecule has 2 atom stereocenters. The van der Waals surface area contributed by atoms with E-state index in [1.165, 1.54) is 32.1 Å². The first-order valence-electron chi connectivity index (χ1n) is 11.9. The van der Waals surface area contributed by atoms with E-state index in [1.807, 2.05) is 12.1 Å². The van der Waals surface area contributed by atoms with Crippen molar-refractivity contribution < 1.29 is 9.53 Å². The highest BCUT2D eigenvalue weighted by atomic mass is 16.5. The lowest BCUT2D eigenvalue weighted by atomic mass is 9.55. The molecule has 0 aromatic heterocycles. The lowest BCUT2D eigenvalue weighted by Gasteiger charge is -2.57. The highest BCUT2D eigenvalue weighted by Crippen LogP contribution is 2.53. The maximum absolute atomic E-state index is 12.9. The molecule has 2 amide bonds. The maximum Gasteiger partial charge on any atom is 0.319 e. The molecule has 1 heterocycles. The van der Waals surface area contributed by atoms with Crippen LogP contribution >= 0.6 is 0 Å². The lowest BCUT2D eigenvalue weighted by molar-refractivity contribution is -0.146. The van der Waals surface area contributed by atoms with Gasteiger partial charge in [0, 0.05) is 44.2 Å². The Morgan fingerprint density at radius 1 is 1.10 bits per heavy atom. The third-order valence-electron chi connectivity index (χ3n) is 7.56. The van der Waals surface area contributed by atoms with Gasteiger partial charge in [-0.3, -0.25) is 0 Å². The van der Waals surface area contributed by atoms with Crippen molar-refractivity contribution in [2.24, 2.45) is 5.41 Å². The summed E-state index contributed by atoms with van der Waals surface area (Å²) in [6.07, 6.45) is 7.36. The molecule has 1 aromatic rings. The number of urea groups is 1. The molecule has 4 rings (SSSR count). The van der Waals surface area contributed by atoms with Gasteiger partial charge < -0.3 is 25.2 Å². The largest absolute Gasteiger partial charge is 0.378 e. The van der Waals surface area contributed by atoms with E-state index in [0.29, 0.717) is 6.10 Å². The Bertz CT molecular complexity index is 711. The van der Waals surface area contributed by atoms with Gasteiger partial charge in [-0.05, 0) is 44.9 Å². The second-order valence-electron chi connectivity index (χ2n) is 9.06. The number of nitrogens with zero attached hydrogens (tertiary/aromatic N) is 2. The smallest absolute Gasteiger partial charge is 0.319 e. The molecule has 1 aliphatic heterocycles. The lowest BCUT2D eigenvalue weighted by Crippen LogP contribution is -2.65. The zero-order chi connectivity index (χ0) is 21.0. The molecule has 2 N–H and O–H groups in total. The third kappa shape index (κ3) is 4.30.